The van der Waals surface area contributed by atoms with Crippen LogP contribution in [0.1, 0.15) is 24.2 Å². The standard InChI is InChI=1S/C22H27FN4OS/c1-3-25(4-2)19-9-5-17(6-10-19)21(28)24-22(29)27-15-13-26(14-16-27)20-11-7-18(23)8-12-20/h5-12H,3-4,13-16H2,1-2H3,(H,24,28,29). The first-order valence-electron chi connectivity index (χ1n) is 9.97. The van der Waals surface area contributed by atoms with Crippen LogP contribution < -0.4 is 15.1 Å². The molecule has 29 heavy (non-hydrogen) atoms. The van der Waals surface area contributed by atoms with E-state index < -0.39 is 0 Å². The van der Waals surface area contributed by atoms with Gasteiger partial charge in [-0.25, -0.2) is 4.39 Å². The van der Waals surface area contributed by atoms with Crippen molar-refractivity contribution in [2.75, 3.05) is 49.1 Å². The first-order chi connectivity index (χ1) is 14.0. The normalized spacial score (nSPS) is 13.9. The molecule has 1 N–H and O–H groups in total. The highest BCUT2D eigenvalue weighted by Gasteiger charge is 2.20. The predicted octanol–water partition coefficient (Wildman–Crippen LogP) is 3.51. The molecule has 7 heteroatoms. The van der Waals surface area contributed by atoms with Crippen LogP contribution in [-0.4, -0.2) is 55.2 Å². The van der Waals surface area contributed by atoms with Gasteiger partial charge in [0.15, 0.2) is 5.11 Å². The molecule has 2 aromatic rings. The number of hydrogen-bond acceptors (Lipinski definition) is 4. The van der Waals surface area contributed by atoms with Crippen molar-refractivity contribution < 1.29 is 9.18 Å². The highest BCUT2D eigenvalue weighted by molar-refractivity contribution is 7.80. The van der Waals surface area contributed by atoms with E-state index in [1.807, 2.05) is 29.2 Å². The van der Waals surface area contributed by atoms with Crippen molar-refractivity contribution in [3.8, 4) is 0 Å². The summed E-state index contributed by atoms with van der Waals surface area (Å²) in [6.45, 7) is 9.01. The van der Waals surface area contributed by atoms with Gasteiger partial charge in [-0.1, -0.05) is 0 Å². The zero-order chi connectivity index (χ0) is 20.8. The number of carbonyl (C=O) groups is 1. The Morgan fingerprint density at radius 3 is 2.14 bits per heavy atom. The molecule has 0 saturated carbocycles. The van der Waals surface area contributed by atoms with Gasteiger partial charge in [0, 0.05) is 56.2 Å². The van der Waals surface area contributed by atoms with E-state index in [2.05, 4.69) is 29.0 Å². The number of benzene rings is 2. The van der Waals surface area contributed by atoms with E-state index in [0.717, 1.165) is 37.6 Å². The zero-order valence-electron chi connectivity index (χ0n) is 16.9. The quantitative estimate of drug-likeness (QED) is 0.758. The van der Waals surface area contributed by atoms with Gasteiger partial charge < -0.3 is 14.7 Å². The second kappa shape index (κ2) is 9.69. The molecule has 1 aliphatic heterocycles. The van der Waals surface area contributed by atoms with Crippen molar-refractivity contribution in [3.05, 3.63) is 59.9 Å². The fourth-order valence-corrected chi connectivity index (χ4v) is 3.76. The maximum Gasteiger partial charge on any atom is 0.257 e. The van der Waals surface area contributed by atoms with E-state index in [1.54, 1.807) is 12.1 Å². The number of hydrogen-bond donors (Lipinski definition) is 1. The summed E-state index contributed by atoms with van der Waals surface area (Å²) in [7, 11) is 0. The van der Waals surface area contributed by atoms with E-state index >= 15 is 0 Å². The summed E-state index contributed by atoms with van der Waals surface area (Å²) in [5, 5.41) is 3.29. The van der Waals surface area contributed by atoms with E-state index in [-0.39, 0.29) is 11.7 Å². The van der Waals surface area contributed by atoms with Crippen LogP contribution in [0.25, 0.3) is 0 Å². The highest BCUT2D eigenvalue weighted by atomic mass is 32.1. The molecule has 2 aromatic carbocycles. The van der Waals surface area contributed by atoms with Crippen LogP contribution in [0.15, 0.2) is 48.5 Å². The average molecular weight is 415 g/mol. The van der Waals surface area contributed by atoms with Gasteiger partial charge in [0.1, 0.15) is 5.82 Å². The Morgan fingerprint density at radius 2 is 1.59 bits per heavy atom. The fourth-order valence-electron chi connectivity index (χ4n) is 3.48. The minimum atomic E-state index is -0.235. The third kappa shape index (κ3) is 5.23. The molecule has 1 saturated heterocycles. The summed E-state index contributed by atoms with van der Waals surface area (Å²) in [6.07, 6.45) is 0. The van der Waals surface area contributed by atoms with Crippen molar-refractivity contribution in [2.45, 2.75) is 13.8 Å². The van der Waals surface area contributed by atoms with Crippen molar-refractivity contribution in [1.29, 1.82) is 0 Å². The lowest BCUT2D eigenvalue weighted by Gasteiger charge is -2.37. The van der Waals surface area contributed by atoms with Crippen molar-refractivity contribution in [1.82, 2.24) is 10.2 Å². The number of nitrogens with one attached hydrogen (secondary N) is 1. The Morgan fingerprint density at radius 1 is 1.00 bits per heavy atom. The minimum absolute atomic E-state index is 0.193. The number of halogens is 1. The number of amides is 1. The van der Waals surface area contributed by atoms with Crippen LogP contribution in [-0.2, 0) is 0 Å². The second-order valence-corrected chi connectivity index (χ2v) is 7.32. The average Bonchev–Trinajstić information content (AvgIpc) is 2.75. The van der Waals surface area contributed by atoms with E-state index in [1.165, 1.54) is 12.1 Å². The maximum absolute atomic E-state index is 13.1. The molecule has 0 bridgehead atoms. The van der Waals surface area contributed by atoms with Gasteiger partial charge in [0.25, 0.3) is 5.91 Å². The number of anilines is 2. The van der Waals surface area contributed by atoms with Gasteiger partial charge in [-0.15, -0.1) is 0 Å². The van der Waals surface area contributed by atoms with Gasteiger partial charge in [0.05, 0.1) is 0 Å². The molecule has 1 aliphatic rings. The van der Waals surface area contributed by atoms with Crippen LogP contribution in [0.2, 0.25) is 0 Å². The third-order valence-electron chi connectivity index (χ3n) is 5.24. The Labute approximate surface area is 177 Å². The van der Waals surface area contributed by atoms with Crippen LogP contribution in [0.3, 0.4) is 0 Å². The van der Waals surface area contributed by atoms with Crippen LogP contribution in [0.5, 0.6) is 0 Å². The summed E-state index contributed by atoms with van der Waals surface area (Å²) >= 11 is 5.45. The number of rotatable bonds is 5. The van der Waals surface area contributed by atoms with E-state index in [4.69, 9.17) is 12.2 Å². The van der Waals surface area contributed by atoms with E-state index in [9.17, 15) is 9.18 Å². The van der Waals surface area contributed by atoms with Gasteiger partial charge in [-0.3, -0.25) is 10.1 Å². The van der Waals surface area contributed by atoms with Crippen molar-refractivity contribution >= 4 is 34.6 Å². The summed E-state index contributed by atoms with van der Waals surface area (Å²) in [5.41, 5.74) is 2.69. The predicted molar refractivity (Wildman–Crippen MR) is 120 cm³/mol. The molecular weight excluding hydrogens is 387 g/mol. The SMILES string of the molecule is CCN(CC)c1ccc(C(=O)NC(=S)N2CCN(c3ccc(F)cc3)CC2)cc1. The molecule has 1 fully saturated rings. The first-order valence-corrected chi connectivity index (χ1v) is 10.4. The molecule has 0 aliphatic carbocycles. The second-order valence-electron chi connectivity index (χ2n) is 6.93. The lowest BCUT2D eigenvalue weighted by molar-refractivity contribution is 0.0973. The fraction of sp³-hybridized carbons (Fsp3) is 0.364. The topological polar surface area (TPSA) is 38.8 Å². The molecule has 0 radical (unpaired) electrons. The molecule has 0 unspecified atom stereocenters. The summed E-state index contributed by atoms with van der Waals surface area (Å²) in [5.74, 6) is -0.427. The number of thiocarbonyl (C=S) groups is 1. The monoisotopic (exact) mass is 414 g/mol. The van der Waals surface area contributed by atoms with Crippen LogP contribution in [0.4, 0.5) is 15.8 Å². The molecule has 1 heterocycles. The van der Waals surface area contributed by atoms with Crippen molar-refractivity contribution in [2.24, 2.45) is 0 Å². The minimum Gasteiger partial charge on any atom is -0.372 e. The van der Waals surface area contributed by atoms with Gasteiger partial charge in [-0.2, -0.15) is 0 Å². The van der Waals surface area contributed by atoms with Gasteiger partial charge in [-0.05, 0) is 74.6 Å². The van der Waals surface area contributed by atoms with E-state index in [0.29, 0.717) is 23.8 Å². The molecule has 0 spiro atoms. The number of nitrogens with zero attached hydrogens (tertiary/aromatic N) is 3. The molecule has 154 valence electrons. The molecule has 5 nitrogen and oxygen atoms in total. The molecule has 1 amide bonds. The number of piperazine rings is 1. The zero-order valence-corrected chi connectivity index (χ0v) is 17.7. The van der Waals surface area contributed by atoms with Crippen molar-refractivity contribution in [3.63, 3.8) is 0 Å². The van der Waals surface area contributed by atoms with Gasteiger partial charge >= 0.3 is 0 Å². The molecule has 3 rings (SSSR count). The third-order valence-corrected chi connectivity index (χ3v) is 5.60. The Balaban J connectivity index is 1.52. The summed E-state index contributed by atoms with van der Waals surface area (Å²) < 4.78 is 13.1. The molecule has 0 aromatic heterocycles. The Bertz CT molecular complexity index is 829. The smallest absolute Gasteiger partial charge is 0.257 e. The van der Waals surface area contributed by atoms with Crippen LogP contribution >= 0.6 is 12.2 Å². The first kappa shape index (κ1) is 21.0. The lowest BCUT2D eigenvalue weighted by Crippen LogP contribution is -2.52. The summed E-state index contributed by atoms with van der Waals surface area (Å²) in [4.78, 5) is 19.0. The maximum atomic E-state index is 13.1. The lowest BCUT2D eigenvalue weighted by atomic mass is 10.2. The summed E-state index contributed by atoms with van der Waals surface area (Å²) in [6, 6.07) is 14.1. The Hall–Kier alpha value is -2.67. The van der Waals surface area contributed by atoms with Gasteiger partial charge in [0.2, 0.25) is 0 Å². The highest BCUT2D eigenvalue weighted by Crippen LogP contribution is 2.17. The van der Waals surface area contributed by atoms with Crippen LogP contribution in [0, 0.1) is 5.82 Å². The Kier molecular flexibility index (Phi) is 7.04. The molecule has 0 atom stereocenters. The number of carbonyl (C=O) groups excluding carboxylic acids is 1. The largest absolute Gasteiger partial charge is 0.372 e. The molecular formula is C22H27FN4OS.